The van der Waals surface area contributed by atoms with E-state index in [0.717, 1.165) is 26.7 Å². The molecule has 1 atom stereocenters. The van der Waals surface area contributed by atoms with Crippen molar-refractivity contribution in [3.05, 3.63) is 94.0 Å². The van der Waals surface area contributed by atoms with Gasteiger partial charge in [-0.3, -0.25) is 0 Å². The molecule has 1 aromatic heterocycles. The standard InChI is InChI=1S/C26H23BrN4O3S/c1-16-5-3-6-17(2)25(16)22-14-24-30-26(29-22)31-35(32,33)21-8-4-7-20(13-21)28-15-23(34-24)18-9-11-19(27)12-10-18/h3-14,23,28H,15H2,1-2H3,(H,29,30,31)/t23-/m0/s1. The van der Waals surface area contributed by atoms with Gasteiger partial charge in [0.1, 0.15) is 6.10 Å². The molecule has 4 aromatic rings. The lowest BCUT2D eigenvalue weighted by Crippen LogP contribution is -2.21. The molecule has 4 bridgehead atoms. The molecule has 0 spiro atoms. The topological polar surface area (TPSA) is 93.2 Å². The van der Waals surface area contributed by atoms with Crippen LogP contribution in [0.25, 0.3) is 11.3 Å². The quantitative estimate of drug-likeness (QED) is 0.324. The Kier molecular flexibility index (Phi) is 6.21. The molecule has 5 rings (SSSR count). The summed E-state index contributed by atoms with van der Waals surface area (Å²) < 4.78 is 36.1. The zero-order valence-electron chi connectivity index (χ0n) is 19.1. The average molecular weight is 551 g/mol. The number of benzene rings is 3. The van der Waals surface area contributed by atoms with Crippen molar-refractivity contribution in [2.75, 3.05) is 16.6 Å². The van der Waals surface area contributed by atoms with Gasteiger partial charge in [0.15, 0.2) is 0 Å². The molecule has 0 fully saturated rings. The third kappa shape index (κ3) is 5.01. The van der Waals surface area contributed by atoms with Crippen LogP contribution in [0.3, 0.4) is 0 Å². The van der Waals surface area contributed by atoms with Gasteiger partial charge in [-0.25, -0.2) is 18.1 Å². The highest BCUT2D eigenvalue weighted by atomic mass is 79.9. The highest BCUT2D eigenvalue weighted by Gasteiger charge is 2.22. The van der Waals surface area contributed by atoms with Crippen molar-refractivity contribution in [3.63, 3.8) is 0 Å². The van der Waals surface area contributed by atoms with Crippen molar-refractivity contribution in [1.29, 1.82) is 0 Å². The van der Waals surface area contributed by atoms with E-state index in [1.54, 1.807) is 18.2 Å². The van der Waals surface area contributed by atoms with Crippen LogP contribution in [0, 0.1) is 13.8 Å². The van der Waals surface area contributed by atoms with E-state index in [-0.39, 0.29) is 16.7 Å². The van der Waals surface area contributed by atoms with E-state index in [0.29, 0.717) is 17.9 Å². The maximum Gasteiger partial charge on any atom is 0.264 e. The largest absolute Gasteiger partial charge is 0.467 e. The van der Waals surface area contributed by atoms with Crippen molar-refractivity contribution < 1.29 is 13.2 Å². The van der Waals surface area contributed by atoms with E-state index in [4.69, 9.17) is 4.74 Å². The van der Waals surface area contributed by atoms with Crippen molar-refractivity contribution in [2.24, 2.45) is 0 Å². The zero-order chi connectivity index (χ0) is 24.6. The van der Waals surface area contributed by atoms with Crippen molar-refractivity contribution in [3.8, 4) is 17.1 Å². The molecular weight excluding hydrogens is 528 g/mol. The molecule has 0 unspecified atom stereocenters. The maximum absolute atomic E-state index is 13.1. The van der Waals surface area contributed by atoms with Crippen LogP contribution >= 0.6 is 15.9 Å². The Morgan fingerprint density at radius 3 is 2.40 bits per heavy atom. The molecule has 2 N–H and O–H groups in total. The third-order valence-corrected chi connectivity index (χ3v) is 7.66. The van der Waals surface area contributed by atoms with Crippen LogP contribution < -0.4 is 14.8 Å². The fourth-order valence-electron chi connectivity index (χ4n) is 4.09. The first-order valence-corrected chi connectivity index (χ1v) is 13.3. The number of rotatable bonds is 2. The van der Waals surface area contributed by atoms with Crippen LogP contribution in [0.15, 0.2) is 82.2 Å². The molecule has 35 heavy (non-hydrogen) atoms. The summed E-state index contributed by atoms with van der Waals surface area (Å²) >= 11 is 3.48. The number of nitrogens with one attached hydrogen (secondary N) is 2. The maximum atomic E-state index is 13.1. The van der Waals surface area contributed by atoms with Crippen LogP contribution in [0.1, 0.15) is 22.8 Å². The minimum Gasteiger partial charge on any atom is -0.467 e. The first kappa shape index (κ1) is 23.3. The van der Waals surface area contributed by atoms with Gasteiger partial charge in [-0.15, -0.1) is 0 Å². The highest BCUT2D eigenvalue weighted by Crippen LogP contribution is 2.32. The molecule has 1 aliphatic heterocycles. The average Bonchev–Trinajstić information content (AvgIpc) is 2.81. The number of nitrogens with zero attached hydrogens (tertiary/aromatic N) is 2. The van der Waals surface area contributed by atoms with Gasteiger partial charge < -0.3 is 10.1 Å². The number of aryl methyl sites for hydroxylation is 2. The van der Waals surface area contributed by atoms with Gasteiger partial charge in [0, 0.05) is 21.8 Å². The molecule has 178 valence electrons. The molecule has 3 aromatic carbocycles. The first-order valence-electron chi connectivity index (χ1n) is 11.0. The van der Waals surface area contributed by atoms with Crippen molar-refractivity contribution in [1.82, 2.24) is 9.97 Å². The lowest BCUT2D eigenvalue weighted by atomic mass is 10.00. The Balaban J connectivity index is 1.68. The number of ether oxygens (including phenoxy) is 1. The predicted molar refractivity (Wildman–Crippen MR) is 140 cm³/mol. The minimum atomic E-state index is -3.91. The highest BCUT2D eigenvalue weighted by molar-refractivity contribution is 9.10. The van der Waals surface area contributed by atoms with Crippen LogP contribution in [0.2, 0.25) is 0 Å². The van der Waals surface area contributed by atoms with Crippen LogP contribution in [-0.2, 0) is 10.0 Å². The molecular formula is C26H23BrN4O3S. The summed E-state index contributed by atoms with van der Waals surface area (Å²) in [6.07, 6.45) is -0.392. The van der Waals surface area contributed by atoms with Crippen molar-refractivity contribution in [2.45, 2.75) is 24.8 Å². The number of aromatic nitrogens is 2. The molecule has 0 radical (unpaired) electrons. The number of fused-ring (bicyclic) bond motifs is 4. The smallest absolute Gasteiger partial charge is 0.264 e. The van der Waals surface area contributed by atoms with Crippen LogP contribution in [-0.4, -0.2) is 24.9 Å². The van der Waals surface area contributed by atoms with Gasteiger partial charge in [-0.05, 0) is 60.9 Å². The summed E-state index contributed by atoms with van der Waals surface area (Å²) in [6.45, 7) is 4.39. The second-order valence-corrected chi connectivity index (χ2v) is 11.0. The lowest BCUT2D eigenvalue weighted by Gasteiger charge is -2.22. The first-order chi connectivity index (χ1) is 16.8. The Labute approximate surface area is 212 Å². The number of hydrogen-bond donors (Lipinski definition) is 2. The fraction of sp³-hybridized carbons (Fsp3) is 0.154. The molecule has 1 aliphatic rings. The molecule has 0 aliphatic carbocycles. The lowest BCUT2D eigenvalue weighted by molar-refractivity contribution is 0.210. The van der Waals surface area contributed by atoms with Crippen LogP contribution in [0.5, 0.6) is 5.88 Å². The zero-order valence-corrected chi connectivity index (χ0v) is 21.5. The van der Waals surface area contributed by atoms with Gasteiger partial charge in [0.05, 0.1) is 17.1 Å². The summed E-state index contributed by atoms with van der Waals surface area (Å²) in [5.74, 6) is 0.225. The van der Waals surface area contributed by atoms with E-state index in [2.05, 4.69) is 35.9 Å². The Morgan fingerprint density at radius 2 is 1.66 bits per heavy atom. The number of halogens is 1. The minimum absolute atomic E-state index is 0.0476. The monoisotopic (exact) mass is 550 g/mol. The van der Waals surface area contributed by atoms with Gasteiger partial charge in [0.25, 0.3) is 10.0 Å². The number of hydrogen-bond acceptors (Lipinski definition) is 6. The third-order valence-electron chi connectivity index (χ3n) is 5.81. The van der Waals surface area contributed by atoms with E-state index in [1.165, 1.54) is 6.07 Å². The second kappa shape index (κ2) is 9.31. The SMILES string of the molecule is Cc1cccc(C)c1-c1cc2nc(n1)NS(=O)(=O)c1cccc(c1)NC[C@@H](c1ccc(Br)cc1)O2. The Morgan fingerprint density at radius 1 is 0.943 bits per heavy atom. The summed E-state index contributed by atoms with van der Waals surface area (Å²) in [5.41, 5.74) is 5.14. The molecule has 7 nitrogen and oxygen atoms in total. The Bertz CT molecular complexity index is 1490. The normalized spacial score (nSPS) is 16.6. The summed E-state index contributed by atoms with van der Waals surface area (Å²) in [5, 5.41) is 3.30. The summed E-state index contributed by atoms with van der Waals surface area (Å²) in [4.78, 5) is 9.10. The predicted octanol–water partition coefficient (Wildman–Crippen LogP) is 5.87. The molecule has 0 saturated carbocycles. The summed E-state index contributed by atoms with van der Waals surface area (Å²) in [6, 6.07) is 22.2. The fourth-order valence-corrected chi connectivity index (χ4v) is 5.34. The number of sulfonamides is 1. The van der Waals surface area contributed by atoms with Crippen LogP contribution in [0.4, 0.5) is 11.6 Å². The molecule has 2 heterocycles. The van der Waals surface area contributed by atoms with E-state index < -0.39 is 16.1 Å². The summed E-state index contributed by atoms with van der Waals surface area (Å²) in [7, 11) is -3.91. The molecule has 0 saturated heterocycles. The van der Waals surface area contributed by atoms with E-state index in [1.807, 2.05) is 62.4 Å². The Hall–Kier alpha value is -3.43. The second-order valence-electron chi connectivity index (χ2n) is 8.35. The molecule has 0 amide bonds. The van der Waals surface area contributed by atoms with E-state index in [9.17, 15) is 8.42 Å². The van der Waals surface area contributed by atoms with Gasteiger partial charge >= 0.3 is 0 Å². The van der Waals surface area contributed by atoms with E-state index >= 15 is 0 Å². The molecule has 9 heteroatoms. The van der Waals surface area contributed by atoms with Crippen molar-refractivity contribution >= 4 is 37.6 Å². The number of anilines is 2. The van der Waals surface area contributed by atoms with Gasteiger partial charge in [-0.2, -0.15) is 4.98 Å². The van der Waals surface area contributed by atoms with Gasteiger partial charge in [-0.1, -0.05) is 52.3 Å². The van der Waals surface area contributed by atoms with Gasteiger partial charge in [0.2, 0.25) is 11.8 Å².